The fourth-order valence-corrected chi connectivity index (χ4v) is 3.62. The normalized spacial score (nSPS) is 10.8. The third kappa shape index (κ3) is 4.84. The molecule has 0 saturated carbocycles. The molecule has 2 N–H and O–H groups in total. The van der Waals surface area contributed by atoms with Crippen LogP contribution in [0.3, 0.4) is 0 Å². The Labute approximate surface area is 166 Å². The standard InChI is InChI=1S/C20H19ClN2O3S/c1-12-3-6-19(26-2)17(7-12)23-20(25)11-27-10-14-9-18(24)15-8-13(21)4-5-16(15)22-14/h3-9H,10-11H2,1-2H3,(H,22,24)(H,23,25). The summed E-state index contributed by atoms with van der Waals surface area (Å²) < 4.78 is 5.27. The highest BCUT2D eigenvalue weighted by Crippen LogP contribution is 2.25. The molecule has 27 heavy (non-hydrogen) atoms. The van der Waals surface area contributed by atoms with Gasteiger partial charge < -0.3 is 15.0 Å². The van der Waals surface area contributed by atoms with Crippen molar-refractivity contribution in [3.8, 4) is 5.75 Å². The molecule has 0 aliphatic carbocycles. The Hall–Kier alpha value is -2.44. The van der Waals surface area contributed by atoms with Gasteiger partial charge in [0.25, 0.3) is 0 Å². The number of H-pyrrole nitrogens is 1. The SMILES string of the molecule is COc1ccc(C)cc1NC(=O)CSCc1cc(=O)c2cc(Cl)ccc2[nH]1. The lowest BCUT2D eigenvalue weighted by Crippen LogP contribution is -2.15. The first-order valence-corrected chi connectivity index (χ1v) is 9.83. The van der Waals surface area contributed by atoms with Crippen LogP contribution in [0.25, 0.3) is 10.9 Å². The zero-order chi connectivity index (χ0) is 19.4. The summed E-state index contributed by atoms with van der Waals surface area (Å²) in [7, 11) is 1.57. The molecule has 0 bridgehead atoms. The monoisotopic (exact) mass is 402 g/mol. The summed E-state index contributed by atoms with van der Waals surface area (Å²) in [5.74, 6) is 1.28. The van der Waals surface area contributed by atoms with Gasteiger partial charge in [-0.2, -0.15) is 0 Å². The average Bonchev–Trinajstić information content (AvgIpc) is 2.62. The fourth-order valence-electron chi connectivity index (χ4n) is 2.71. The molecule has 0 aliphatic rings. The number of carbonyl (C=O) groups is 1. The number of fused-ring (bicyclic) bond motifs is 1. The number of hydrogen-bond donors (Lipinski definition) is 2. The van der Waals surface area contributed by atoms with Gasteiger partial charge in [0.2, 0.25) is 5.91 Å². The van der Waals surface area contributed by atoms with Gasteiger partial charge in [0, 0.05) is 33.4 Å². The molecule has 2 aromatic carbocycles. The lowest BCUT2D eigenvalue weighted by Gasteiger charge is -2.11. The number of methoxy groups -OCH3 is 1. The number of amides is 1. The Morgan fingerprint density at radius 3 is 2.81 bits per heavy atom. The molecule has 5 nitrogen and oxygen atoms in total. The molecule has 0 saturated heterocycles. The molecule has 7 heteroatoms. The maximum atomic E-state index is 12.2. The number of aromatic amines is 1. The molecule has 0 aliphatic heterocycles. The van der Waals surface area contributed by atoms with Crippen LogP contribution < -0.4 is 15.5 Å². The van der Waals surface area contributed by atoms with E-state index >= 15 is 0 Å². The zero-order valence-electron chi connectivity index (χ0n) is 15.0. The number of carbonyl (C=O) groups excluding carboxylic acids is 1. The highest BCUT2D eigenvalue weighted by Gasteiger charge is 2.09. The highest BCUT2D eigenvalue weighted by molar-refractivity contribution is 7.99. The second-order valence-corrected chi connectivity index (χ2v) is 7.52. The van der Waals surface area contributed by atoms with E-state index in [2.05, 4.69) is 10.3 Å². The van der Waals surface area contributed by atoms with Crippen molar-refractivity contribution >= 4 is 45.9 Å². The van der Waals surface area contributed by atoms with Gasteiger partial charge in [-0.05, 0) is 42.8 Å². The van der Waals surface area contributed by atoms with Crippen molar-refractivity contribution in [3.63, 3.8) is 0 Å². The summed E-state index contributed by atoms with van der Waals surface area (Å²) in [5, 5.41) is 3.95. The van der Waals surface area contributed by atoms with E-state index in [0.717, 1.165) is 16.8 Å². The first-order chi connectivity index (χ1) is 13.0. The lowest BCUT2D eigenvalue weighted by molar-refractivity contribution is -0.113. The van der Waals surface area contributed by atoms with E-state index < -0.39 is 0 Å². The van der Waals surface area contributed by atoms with Crippen molar-refractivity contribution in [2.24, 2.45) is 0 Å². The second kappa shape index (κ2) is 8.50. The lowest BCUT2D eigenvalue weighted by atomic mass is 10.2. The number of rotatable bonds is 6. The van der Waals surface area contributed by atoms with Crippen LogP contribution in [0.2, 0.25) is 5.02 Å². The number of aryl methyl sites for hydroxylation is 1. The molecule has 1 amide bonds. The molecule has 1 heterocycles. The summed E-state index contributed by atoms with van der Waals surface area (Å²) >= 11 is 7.36. The first-order valence-electron chi connectivity index (χ1n) is 8.30. The van der Waals surface area contributed by atoms with Gasteiger partial charge in [0.1, 0.15) is 5.75 Å². The predicted octanol–water partition coefficient (Wildman–Crippen LogP) is 4.37. The minimum Gasteiger partial charge on any atom is -0.495 e. The fraction of sp³-hybridized carbons (Fsp3) is 0.200. The Morgan fingerprint density at radius 2 is 2.04 bits per heavy atom. The Kier molecular flexibility index (Phi) is 6.08. The summed E-state index contributed by atoms with van der Waals surface area (Å²) in [6.07, 6.45) is 0. The number of aromatic nitrogens is 1. The van der Waals surface area contributed by atoms with E-state index in [-0.39, 0.29) is 17.1 Å². The third-order valence-electron chi connectivity index (χ3n) is 3.97. The number of thioether (sulfide) groups is 1. The Morgan fingerprint density at radius 1 is 1.22 bits per heavy atom. The maximum Gasteiger partial charge on any atom is 0.234 e. The van der Waals surface area contributed by atoms with Crippen LogP contribution >= 0.6 is 23.4 Å². The number of benzene rings is 2. The molecule has 3 aromatic rings. The Bertz CT molecular complexity index is 1050. The van der Waals surface area contributed by atoms with Crippen LogP contribution in [0, 0.1) is 6.92 Å². The number of ether oxygens (including phenoxy) is 1. The largest absolute Gasteiger partial charge is 0.495 e. The van der Waals surface area contributed by atoms with Crippen molar-refractivity contribution in [2.45, 2.75) is 12.7 Å². The third-order valence-corrected chi connectivity index (χ3v) is 5.18. The van der Waals surface area contributed by atoms with Crippen LogP contribution in [-0.2, 0) is 10.5 Å². The number of hydrogen-bond acceptors (Lipinski definition) is 4. The summed E-state index contributed by atoms with van der Waals surface area (Å²) in [6.45, 7) is 1.95. The molecular weight excluding hydrogens is 384 g/mol. The minimum absolute atomic E-state index is 0.0872. The Balaban J connectivity index is 1.62. The van der Waals surface area contributed by atoms with Crippen molar-refractivity contribution in [1.29, 1.82) is 0 Å². The molecule has 3 rings (SSSR count). The van der Waals surface area contributed by atoms with E-state index in [4.69, 9.17) is 16.3 Å². The van der Waals surface area contributed by atoms with Crippen molar-refractivity contribution in [3.05, 3.63) is 69.0 Å². The van der Waals surface area contributed by atoms with E-state index in [1.165, 1.54) is 11.8 Å². The van der Waals surface area contributed by atoms with Gasteiger partial charge in [-0.25, -0.2) is 0 Å². The van der Waals surface area contributed by atoms with E-state index in [1.54, 1.807) is 31.4 Å². The van der Waals surface area contributed by atoms with Gasteiger partial charge >= 0.3 is 0 Å². The zero-order valence-corrected chi connectivity index (χ0v) is 16.5. The van der Waals surface area contributed by atoms with Crippen molar-refractivity contribution < 1.29 is 9.53 Å². The van der Waals surface area contributed by atoms with E-state index in [9.17, 15) is 9.59 Å². The van der Waals surface area contributed by atoms with Gasteiger partial charge in [-0.1, -0.05) is 17.7 Å². The van der Waals surface area contributed by atoms with Crippen molar-refractivity contribution in [1.82, 2.24) is 4.98 Å². The van der Waals surface area contributed by atoms with Crippen LogP contribution in [0.1, 0.15) is 11.3 Å². The summed E-state index contributed by atoms with van der Waals surface area (Å²) in [5.41, 5.74) is 3.10. The number of nitrogens with one attached hydrogen (secondary N) is 2. The molecule has 0 spiro atoms. The molecule has 1 aromatic heterocycles. The first kappa shape index (κ1) is 19.3. The van der Waals surface area contributed by atoms with E-state index in [0.29, 0.717) is 27.6 Å². The van der Waals surface area contributed by atoms with Gasteiger partial charge in [-0.3, -0.25) is 9.59 Å². The smallest absolute Gasteiger partial charge is 0.234 e. The maximum absolute atomic E-state index is 12.2. The predicted molar refractivity (Wildman–Crippen MR) is 112 cm³/mol. The van der Waals surface area contributed by atoms with Crippen LogP contribution in [0.4, 0.5) is 5.69 Å². The number of halogens is 1. The molecule has 0 fully saturated rings. The van der Waals surface area contributed by atoms with Gasteiger partial charge in [-0.15, -0.1) is 11.8 Å². The van der Waals surface area contributed by atoms with E-state index in [1.807, 2.05) is 25.1 Å². The molecule has 0 radical (unpaired) electrons. The van der Waals surface area contributed by atoms with Gasteiger partial charge in [0.15, 0.2) is 5.43 Å². The molecule has 0 atom stereocenters. The quantitative estimate of drug-likeness (QED) is 0.642. The van der Waals surface area contributed by atoms with Crippen molar-refractivity contribution in [2.75, 3.05) is 18.2 Å². The molecule has 140 valence electrons. The second-order valence-electron chi connectivity index (χ2n) is 6.09. The number of anilines is 1. The average molecular weight is 403 g/mol. The van der Waals surface area contributed by atoms with Gasteiger partial charge in [0.05, 0.1) is 18.6 Å². The molecule has 0 unspecified atom stereocenters. The van der Waals surface area contributed by atoms with Crippen LogP contribution in [-0.4, -0.2) is 23.8 Å². The summed E-state index contributed by atoms with van der Waals surface area (Å²) in [6, 6.07) is 12.3. The topological polar surface area (TPSA) is 71.2 Å². The summed E-state index contributed by atoms with van der Waals surface area (Å²) in [4.78, 5) is 27.6. The minimum atomic E-state index is -0.126. The van der Waals surface area contributed by atoms with Crippen LogP contribution in [0.15, 0.2) is 47.3 Å². The number of pyridine rings is 1. The van der Waals surface area contributed by atoms with Crippen LogP contribution in [0.5, 0.6) is 5.75 Å². The molecular formula is C20H19ClN2O3S. The highest BCUT2D eigenvalue weighted by atomic mass is 35.5.